The number of rotatable bonds is 6. The highest BCUT2D eigenvalue weighted by Gasteiger charge is 2.24. The Balaban J connectivity index is 1.83. The summed E-state index contributed by atoms with van der Waals surface area (Å²) in [6.07, 6.45) is 1.25. The number of nitrogens with zero attached hydrogens (tertiary/aromatic N) is 3. The fourth-order valence-corrected chi connectivity index (χ4v) is 5.04. The molecule has 1 heterocycles. The molecular weight excluding hydrogens is 438 g/mol. The molecule has 0 aliphatic rings. The lowest BCUT2D eigenvalue weighted by atomic mass is 9.84. The third-order valence-corrected chi connectivity index (χ3v) is 7.28. The minimum Gasteiger partial charge on any atom is -0.505 e. The molecule has 172 valence electrons. The van der Waals surface area contributed by atoms with Crippen molar-refractivity contribution in [3.05, 3.63) is 71.8 Å². The Kier molecular flexibility index (Phi) is 5.99. The van der Waals surface area contributed by atoms with Gasteiger partial charge in [-0.25, -0.2) is 8.42 Å². The zero-order chi connectivity index (χ0) is 23.8. The van der Waals surface area contributed by atoms with E-state index in [9.17, 15) is 18.6 Å². The number of aromatic nitrogens is 3. The molecule has 0 fully saturated rings. The Hall–Kier alpha value is -3.23. The SMILES string of the molecule is CC(C)(C)c1cc(CCCO)cc(-n2nc3ccc(S(=O)(=O)c4ccccc4)cc3n2)c1O. The van der Waals surface area contributed by atoms with E-state index in [1.165, 1.54) is 16.9 Å². The normalized spacial score (nSPS) is 12.4. The molecule has 4 rings (SSSR count). The lowest BCUT2D eigenvalue weighted by Gasteiger charge is -2.23. The molecule has 0 radical (unpaired) electrons. The minimum absolute atomic E-state index is 0.0730. The lowest BCUT2D eigenvalue weighted by molar-refractivity contribution is 0.288. The van der Waals surface area contributed by atoms with Crippen LogP contribution in [0.4, 0.5) is 0 Å². The summed E-state index contributed by atoms with van der Waals surface area (Å²) in [6.45, 7) is 6.10. The van der Waals surface area contributed by atoms with Crippen molar-refractivity contribution in [1.29, 1.82) is 0 Å². The number of sulfone groups is 1. The Morgan fingerprint density at radius 3 is 2.27 bits per heavy atom. The van der Waals surface area contributed by atoms with Gasteiger partial charge in [0, 0.05) is 12.2 Å². The Morgan fingerprint density at radius 2 is 1.61 bits per heavy atom. The molecule has 4 aromatic rings. The molecule has 0 bridgehead atoms. The summed E-state index contributed by atoms with van der Waals surface area (Å²) in [5.74, 6) is 0.0766. The Labute approximate surface area is 193 Å². The van der Waals surface area contributed by atoms with Gasteiger partial charge in [-0.15, -0.1) is 15.0 Å². The number of aromatic hydroxyl groups is 1. The summed E-state index contributed by atoms with van der Waals surface area (Å²) < 4.78 is 26.0. The van der Waals surface area contributed by atoms with E-state index in [0.29, 0.717) is 29.6 Å². The van der Waals surface area contributed by atoms with E-state index in [2.05, 4.69) is 10.2 Å². The molecule has 0 saturated heterocycles. The topological polar surface area (TPSA) is 105 Å². The predicted octanol–water partition coefficient (Wildman–Crippen LogP) is 4.18. The maximum Gasteiger partial charge on any atom is 0.206 e. The van der Waals surface area contributed by atoms with Crippen molar-refractivity contribution < 1.29 is 18.6 Å². The van der Waals surface area contributed by atoms with E-state index >= 15 is 0 Å². The van der Waals surface area contributed by atoms with Crippen LogP contribution in [0, 0.1) is 0 Å². The van der Waals surface area contributed by atoms with Crippen LogP contribution in [0.25, 0.3) is 16.7 Å². The number of phenolic OH excluding ortho intramolecular Hbond substituents is 1. The standard InChI is InChI=1S/C25H27N3O4S/c1-25(2,3)20-14-17(8-7-13-29)15-23(24(20)30)28-26-21-12-11-19(16-22(21)27-28)33(31,32)18-9-5-4-6-10-18/h4-6,9-12,14-16,29-30H,7-8,13H2,1-3H3. The third-order valence-electron chi connectivity index (χ3n) is 5.51. The van der Waals surface area contributed by atoms with Gasteiger partial charge in [-0.3, -0.25) is 0 Å². The maximum atomic E-state index is 13.0. The number of hydrogen-bond acceptors (Lipinski definition) is 6. The molecule has 3 aromatic carbocycles. The fourth-order valence-electron chi connectivity index (χ4n) is 3.73. The van der Waals surface area contributed by atoms with Gasteiger partial charge < -0.3 is 10.2 Å². The molecule has 0 spiro atoms. The molecule has 0 aliphatic heterocycles. The van der Waals surface area contributed by atoms with Gasteiger partial charge in [-0.1, -0.05) is 45.0 Å². The first-order chi connectivity index (χ1) is 15.6. The molecule has 0 atom stereocenters. The van der Waals surface area contributed by atoms with Gasteiger partial charge in [0.15, 0.2) is 0 Å². The van der Waals surface area contributed by atoms with Gasteiger partial charge in [0.25, 0.3) is 0 Å². The average Bonchev–Trinajstić information content (AvgIpc) is 3.21. The first-order valence-electron chi connectivity index (χ1n) is 10.8. The van der Waals surface area contributed by atoms with Gasteiger partial charge in [-0.2, -0.15) is 0 Å². The van der Waals surface area contributed by atoms with Crippen molar-refractivity contribution in [2.45, 2.75) is 48.8 Å². The maximum absolute atomic E-state index is 13.0. The quantitative estimate of drug-likeness (QED) is 0.443. The molecule has 33 heavy (non-hydrogen) atoms. The zero-order valence-corrected chi connectivity index (χ0v) is 19.7. The number of aryl methyl sites for hydroxylation is 1. The number of aliphatic hydroxyl groups excluding tert-OH is 1. The number of phenols is 1. The summed E-state index contributed by atoms with van der Waals surface area (Å²) in [5.41, 5.74) is 2.72. The van der Waals surface area contributed by atoms with Crippen LogP contribution in [-0.2, 0) is 21.7 Å². The second kappa shape index (κ2) is 8.61. The zero-order valence-electron chi connectivity index (χ0n) is 18.9. The molecule has 0 unspecified atom stereocenters. The molecule has 2 N–H and O–H groups in total. The molecule has 0 amide bonds. The fraction of sp³-hybridized carbons (Fsp3) is 0.280. The summed E-state index contributed by atoms with van der Waals surface area (Å²) in [6, 6.07) is 16.6. The Morgan fingerprint density at radius 1 is 0.909 bits per heavy atom. The predicted molar refractivity (Wildman–Crippen MR) is 127 cm³/mol. The van der Waals surface area contributed by atoms with Crippen LogP contribution >= 0.6 is 0 Å². The number of benzene rings is 3. The van der Waals surface area contributed by atoms with Gasteiger partial charge in [0.1, 0.15) is 22.5 Å². The van der Waals surface area contributed by atoms with Crippen molar-refractivity contribution in [3.8, 4) is 11.4 Å². The van der Waals surface area contributed by atoms with Crippen LogP contribution in [0.1, 0.15) is 38.3 Å². The van der Waals surface area contributed by atoms with Crippen molar-refractivity contribution in [1.82, 2.24) is 15.0 Å². The van der Waals surface area contributed by atoms with Crippen LogP contribution < -0.4 is 0 Å². The van der Waals surface area contributed by atoms with E-state index in [-0.39, 0.29) is 27.6 Å². The number of hydrogen-bond donors (Lipinski definition) is 2. The van der Waals surface area contributed by atoms with Crippen LogP contribution in [0.5, 0.6) is 5.75 Å². The first kappa shape index (κ1) is 22.9. The van der Waals surface area contributed by atoms with Gasteiger partial charge in [0.05, 0.1) is 9.79 Å². The van der Waals surface area contributed by atoms with E-state index in [1.807, 2.05) is 26.8 Å². The highest BCUT2D eigenvalue weighted by Crippen LogP contribution is 2.36. The molecule has 1 aromatic heterocycles. The van der Waals surface area contributed by atoms with Crippen LogP contribution in [-0.4, -0.2) is 40.2 Å². The molecular formula is C25H27N3O4S. The van der Waals surface area contributed by atoms with Gasteiger partial charge >= 0.3 is 0 Å². The smallest absolute Gasteiger partial charge is 0.206 e. The highest BCUT2D eigenvalue weighted by atomic mass is 32.2. The highest BCUT2D eigenvalue weighted by molar-refractivity contribution is 7.91. The van der Waals surface area contributed by atoms with Gasteiger partial charge in [-0.05, 0) is 60.2 Å². The van der Waals surface area contributed by atoms with E-state index in [0.717, 1.165) is 11.1 Å². The van der Waals surface area contributed by atoms with Crippen LogP contribution in [0.3, 0.4) is 0 Å². The second-order valence-corrected chi connectivity index (χ2v) is 11.0. The lowest BCUT2D eigenvalue weighted by Crippen LogP contribution is -2.14. The minimum atomic E-state index is -3.69. The number of fused-ring (bicyclic) bond motifs is 1. The first-order valence-corrected chi connectivity index (χ1v) is 12.2. The average molecular weight is 466 g/mol. The van der Waals surface area contributed by atoms with Crippen molar-refractivity contribution in [2.75, 3.05) is 6.61 Å². The summed E-state index contributed by atoms with van der Waals surface area (Å²) >= 11 is 0. The largest absolute Gasteiger partial charge is 0.505 e. The molecule has 7 nitrogen and oxygen atoms in total. The Bertz CT molecular complexity index is 1410. The summed E-state index contributed by atoms with van der Waals surface area (Å²) in [4.78, 5) is 1.68. The van der Waals surface area contributed by atoms with E-state index < -0.39 is 9.84 Å². The molecule has 0 saturated carbocycles. The summed E-state index contributed by atoms with van der Waals surface area (Å²) in [5, 5.41) is 29.3. The van der Waals surface area contributed by atoms with Crippen molar-refractivity contribution >= 4 is 20.9 Å². The van der Waals surface area contributed by atoms with E-state index in [4.69, 9.17) is 0 Å². The number of aliphatic hydroxyl groups is 1. The molecule has 8 heteroatoms. The third kappa shape index (κ3) is 4.49. The van der Waals surface area contributed by atoms with Gasteiger partial charge in [0.2, 0.25) is 9.84 Å². The van der Waals surface area contributed by atoms with E-state index in [1.54, 1.807) is 42.5 Å². The van der Waals surface area contributed by atoms with Crippen LogP contribution in [0.2, 0.25) is 0 Å². The monoisotopic (exact) mass is 465 g/mol. The molecule has 0 aliphatic carbocycles. The summed E-state index contributed by atoms with van der Waals surface area (Å²) in [7, 11) is -3.69. The van der Waals surface area contributed by atoms with Crippen LogP contribution in [0.15, 0.2) is 70.5 Å². The second-order valence-electron chi connectivity index (χ2n) is 9.04. The van der Waals surface area contributed by atoms with Crippen molar-refractivity contribution in [2.24, 2.45) is 0 Å². The van der Waals surface area contributed by atoms with Crippen molar-refractivity contribution in [3.63, 3.8) is 0 Å².